The highest BCUT2D eigenvalue weighted by Crippen LogP contribution is 2.27. The van der Waals surface area contributed by atoms with E-state index in [9.17, 15) is 19.2 Å². The molecule has 0 saturated carbocycles. The van der Waals surface area contributed by atoms with Crippen molar-refractivity contribution in [3.8, 4) is 0 Å². The van der Waals surface area contributed by atoms with Gasteiger partial charge in [0.15, 0.2) is 0 Å². The maximum atomic E-state index is 13.5. The van der Waals surface area contributed by atoms with Gasteiger partial charge >= 0.3 is 0 Å². The molecule has 10 heteroatoms. The molecule has 44 heavy (non-hydrogen) atoms. The Bertz CT molecular complexity index is 1870. The van der Waals surface area contributed by atoms with Gasteiger partial charge in [-0.2, -0.15) is 0 Å². The fourth-order valence-electron chi connectivity index (χ4n) is 4.38. The average Bonchev–Trinajstić information content (AvgIpc) is 3.44. The van der Waals surface area contributed by atoms with Crippen LogP contribution >= 0.6 is 11.8 Å². The predicted molar refractivity (Wildman–Crippen MR) is 174 cm³/mol. The molecule has 220 valence electrons. The number of carbonyl (C=O) groups is 4. The van der Waals surface area contributed by atoms with Gasteiger partial charge in [0.25, 0.3) is 11.8 Å². The molecule has 0 saturated heterocycles. The van der Waals surface area contributed by atoms with Crippen LogP contribution in [0.1, 0.15) is 33.2 Å². The van der Waals surface area contributed by atoms with Crippen molar-refractivity contribution < 1.29 is 19.2 Å². The van der Waals surface area contributed by atoms with E-state index in [1.54, 1.807) is 85.9 Å². The molecule has 1 aromatic heterocycles. The first-order valence-electron chi connectivity index (χ1n) is 13.7. The van der Waals surface area contributed by atoms with Crippen LogP contribution < -0.4 is 21.7 Å². The second kappa shape index (κ2) is 13.6. The molecular formula is C34H29N5O4S. The first-order valence-corrected chi connectivity index (χ1v) is 14.6. The minimum absolute atomic E-state index is 0.0664. The standard InChI is InChI=1S/C34H29N5O4S/c1-21(32(41)37-25-16-14-22(15-17-25)31(35)40)44-27-11-7-10-26(19-27)38-34(43)30(39-33(42)23-8-3-2-4-9-23)18-24-20-36-29-13-6-5-12-28(24)29/h2-21,36H,1H3,(H2,35,40)(H,37,41)(H,38,43)(H,39,42)/b30-18-. The monoisotopic (exact) mass is 603 g/mol. The Balaban J connectivity index is 1.31. The zero-order valence-corrected chi connectivity index (χ0v) is 24.5. The molecule has 0 spiro atoms. The Morgan fingerprint density at radius 1 is 0.795 bits per heavy atom. The highest BCUT2D eigenvalue weighted by atomic mass is 32.2. The molecule has 1 heterocycles. The number of para-hydroxylation sites is 1. The van der Waals surface area contributed by atoms with Crippen molar-refractivity contribution in [2.24, 2.45) is 5.73 Å². The van der Waals surface area contributed by atoms with Gasteiger partial charge in [0.2, 0.25) is 11.8 Å². The highest BCUT2D eigenvalue weighted by Gasteiger charge is 2.18. The first-order chi connectivity index (χ1) is 21.3. The largest absolute Gasteiger partial charge is 0.366 e. The number of thioether (sulfide) groups is 1. The second-order valence-corrected chi connectivity index (χ2v) is 11.3. The smallest absolute Gasteiger partial charge is 0.272 e. The van der Waals surface area contributed by atoms with E-state index in [0.717, 1.165) is 21.4 Å². The zero-order chi connectivity index (χ0) is 31.1. The molecule has 0 aliphatic carbocycles. The van der Waals surface area contributed by atoms with Crippen molar-refractivity contribution in [2.75, 3.05) is 10.6 Å². The van der Waals surface area contributed by atoms with Gasteiger partial charge in [0, 0.05) is 50.1 Å². The van der Waals surface area contributed by atoms with E-state index in [1.807, 2.05) is 36.4 Å². The van der Waals surface area contributed by atoms with Crippen LogP contribution in [0.3, 0.4) is 0 Å². The molecule has 6 N–H and O–H groups in total. The molecule has 0 aliphatic heterocycles. The number of fused-ring (bicyclic) bond motifs is 1. The summed E-state index contributed by atoms with van der Waals surface area (Å²) >= 11 is 1.32. The van der Waals surface area contributed by atoms with E-state index in [-0.39, 0.29) is 11.6 Å². The number of H-pyrrole nitrogens is 1. The van der Waals surface area contributed by atoms with Gasteiger partial charge in [0.1, 0.15) is 5.70 Å². The highest BCUT2D eigenvalue weighted by molar-refractivity contribution is 8.00. The summed E-state index contributed by atoms with van der Waals surface area (Å²) in [6, 6.07) is 29.8. The van der Waals surface area contributed by atoms with E-state index in [2.05, 4.69) is 20.9 Å². The molecular weight excluding hydrogens is 574 g/mol. The van der Waals surface area contributed by atoms with Crippen LogP contribution in [0.5, 0.6) is 0 Å². The maximum absolute atomic E-state index is 13.5. The van der Waals surface area contributed by atoms with E-state index in [0.29, 0.717) is 22.5 Å². The molecule has 5 aromatic rings. The van der Waals surface area contributed by atoms with Gasteiger partial charge in [0.05, 0.1) is 5.25 Å². The Morgan fingerprint density at radius 2 is 1.52 bits per heavy atom. The number of nitrogens with one attached hydrogen (secondary N) is 4. The summed E-state index contributed by atoms with van der Waals surface area (Å²) in [5.41, 5.74) is 8.79. The van der Waals surface area contributed by atoms with Crippen LogP contribution in [0.25, 0.3) is 17.0 Å². The molecule has 0 fully saturated rings. The third-order valence-corrected chi connectivity index (χ3v) is 7.75. The van der Waals surface area contributed by atoms with Crippen molar-refractivity contribution in [3.63, 3.8) is 0 Å². The van der Waals surface area contributed by atoms with Crippen molar-refractivity contribution in [1.82, 2.24) is 10.3 Å². The fraction of sp³-hybridized carbons (Fsp3) is 0.0588. The Hall–Kier alpha value is -5.61. The van der Waals surface area contributed by atoms with Gasteiger partial charge in [-0.3, -0.25) is 19.2 Å². The van der Waals surface area contributed by atoms with E-state index < -0.39 is 23.0 Å². The van der Waals surface area contributed by atoms with Gasteiger partial charge in [-0.05, 0) is 73.7 Å². The number of benzene rings is 4. The second-order valence-electron chi connectivity index (χ2n) is 9.84. The summed E-state index contributed by atoms with van der Waals surface area (Å²) in [7, 11) is 0. The topological polar surface area (TPSA) is 146 Å². The summed E-state index contributed by atoms with van der Waals surface area (Å²) in [5.74, 6) is -1.70. The summed E-state index contributed by atoms with van der Waals surface area (Å²) in [6.45, 7) is 1.77. The van der Waals surface area contributed by atoms with Crippen LogP contribution in [0, 0.1) is 0 Å². The van der Waals surface area contributed by atoms with Crippen LogP contribution in [-0.4, -0.2) is 33.9 Å². The van der Waals surface area contributed by atoms with Gasteiger partial charge < -0.3 is 26.7 Å². The van der Waals surface area contributed by atoms with E-state index in [4.69, 9.17) is 5.73 Å². The third-order valence-electron chi connectivity index (χ3n) is 6.66. The van der Waals surface area contributed by atoms with Gasteiger partial charge in [-0.15, -0.1) is 11.8 Å². The molecule has 1 unspecified atom stereocenters. The minimum atomic E-state index is -0.544. The SMILES string of the molecule is CC(Sc1cccc(NC(=O)/C(=C/c2c[nH]c3ccccc23)NC(=O)c2ccccc2)c1)C(=O)Nc1ccc(C(N)=O)cc1. The molecule has 9 nitrogen and oxygen atoms in total. The number of hydrogen-bond acceptors (Lipinski definition) is 5. The molecule has 1 atom stereocenters. The third kappa shape index (κ3) is 7.42. The lowest BCUT2D eigenvalue weighted by Crippen LogP contribution is -2.30. The van der Waals surface area contributed by atoms with Crippen LogP contribution in [0.15, 0.2) is 120 Å². The average molecular weight is 604 g/mol. The lowest BCUT2D eigenvalue weighted by Gasteiger charge is -2.14. The first kappa shape index (κ1) is 29.9. The van der Waals surface area contributed by atoms with Crippen molar-refractivity contribution >= 4 is 63.7 Å². The Kier molecular flexibility index (Phi) is 9.22. The molecule has 4 amide bonds. The van der Waals surface area contributed by atoms with Crippen LogP contribution in [0.2, 0.25) is 0 Å². The fourth-order valence-corrected chi connectivity index (χ4v) is 5.30. The van der Waals surface area contributed by atoms with Gasteiger partial charge in [-0.1, -0.05) is 42.5 Å². The number of hydrogen-bond donors (Lipinski definition) is 5. The number of primary amides is 1. The quantitative estimate of drug-likeness (QED) is 0.101. The predicted octanol–water partition coefficient (Wildman–Crippen LogP) is 5.80. The summed E-state index contributed by atoms with van der Waals surface area (Å²) < 4.78 is 0. The Labute approximate surface area is 257 Å². The number of aromatic nitrogens is 1. The van der Waals surface area contributed by atoms with Crippen molar-refractivity contribution in [3.05, 3.63) is 132 Å². The Morgan fingerprint density at radius 3 is 2.27 bits per heavy atom. The lowest BCUT2D eigenvalue weighted by atomic mass is 10.1. The number of rotatable bonds is 10. The molecule has 0 radical (unpaired) electrons. The molecule has 4 aromatic carbocycles. The molecule has 5 rings (SSSR count). The summed E-state index contributed by atoms with van der Waals surface area (Å²) in [5, 5.41) is 8.89. The number of amides is 4. The number of aromatic amines is 1. The number of nitrogens with two attached hydrogens (primary N) is 1. The van der Waals surface area contributed by atoms with Gasteiger partial charge in [-0.25, -0.2) is 0 Å². The van der Waals surface area contributed by atoms with Crippen molar-refractivity contribution in [1.29, 1.82) is 0 Å². The van der Waals surface area contributed by atoms with Crippen LogP contribution in [0.4, 0.5) is 11.4 Å². The normalized spacial score (nSPS) is 11.9. The van der Waals surface area contributed by atoms with Crippen molar-refractivity contribution in [2.45, 2.75) is 17.1 Å². The maximum Gasteiger partial charge on any atom is 0.272 e. The van der Waals surface area contributed by atoms with E-state index >= 15 is 0 Å². The zero-order valence-electron chi connectivity index (χ0n) is 23.7. The number of anilines is 2. The summed E-state index contributed by atoms with van der Waals surface area (Å²) in [4.78, 5) is 54.6. The lowest BCUT2D eigenvalue weighted by molar-refractivity contribution is -0.115. The minimum Gasteiger partial charge on any atom is -0.366 e. The number of carbonyl (C=O) groups excluding carboxylic acids is 4. The summed E-state index contributed by atoms with van der Waals surface area (Å²) in [6.07, 6.45) is 3.42. The molecule has 0 aliphatic rings. The van der Waals surface area contributed by atoms with E-state index in [1.165, 1.54) is 11.8 Å². The van der Waals surface area contributed by atoms with Crippen LogP contribution in [-0.2, 0) is 9.59 Å². The molecule has 0 bridgehead atoms.